The van der Waals surface area contributed by atoms with Gasteiger partial charge in [0.05, 0.1) is 0 Å². The van der Waals surface area contributed by atoms with Crippen LogP contribution in [-0.2, 0) is 14.3 Å². The van der Waals surface area contributed by atoms with E-state index < -0.39 is 5.97 Å². The van der Waals surface area contributed by atoms with Crippen molar-refractivity contribution in [3.8, 4) is 5.75 Å². The van der Waals surface area contributed by atoms with Crippen molar-refractivity contribution in [3.05, 3.63) is 58.7 Å². The standard InChI is InChI=1S/C20H23NO4/c1-13-5-8-18(16(4)9-13)24-12-20(23)25-11-19(22)21-17-7-6-14(2)15(3)10-17/h5-10H,11-12H2,1-4H3,(H,21,22). The summed E-state index contributed by atoms with van der Waals surface area (Å²) in [4.78, 5) is 23.6. The molecule has 25 heavy (non-hydrogen) atoms. The highest BCUT2D eigenvalue weighted by Gasteiger charge is 2.10. The van der Waals surface area contributed by atoms with Crippen molar-refractivity contribution in [1.29, 1.82) is 0 Å². The zero-order valence-corrected chi connectivity index (χ0v) is 15.0. The Bertz CT molecular complexity index is 783. The van der Waals surface area contributed by atoms with Crippen LogP contribution in [0, 0.1) is 27.7 Å². The van der Waals surface area contributed by atoms with Gasteiger partial charge in [0, 0.05) is 5.69 Å². The Hall–Kier alpha value is -2.82. The number of amides is 1. The molecular weight excluding hydrogens is 318 g/mol. The summed E-state index contributed by atoms with van der Waals surface area (Å²) < 4.78 is 10.4. The second kappa shape index (κ2) is 8.33. The van der Waals surface area contributed by atoms with Crippen molar-refractivity contribution in [1.82, 2.24) is 0 Å². The molecule has 0 aromatic heterocycles. The highest BCUT2D eigenvalue weighted by Crippen LogP contribution is 2.18. The fourth-order valence-electron chi connectivity index (χ4n) is 2.30. The zero-order valence-electron chi connectivity index (χ0n) is 15.0. The molecule has 0 saturated heterocycles. The Labute approximate surface area is 148 Å². The lowest BCUT2D eigenvalue weighted by atomic mass is 10.1. The van der Waals surface area contributed by atoms with E-state index in [4.69, 9.17) is 9.47 Å². The quantitative estimate of drug-likeness (QED) is 0.817. The number of ether oxygens (including phenoxy) is 2. The first kappa shape index (κ1) is 18.5. The highest BCUT2D eigenvalue weighted by molar-refractivity contribution is 5.93. The van der Waals surface area contributed by atoms with Crippen LogP contribution in [0.2, 0.25) is 0 Å². The number of nitrogens with one attached hydrogen (secondary N) is 1. The number of anilines is 1. The SMILES string of the molecule is Cc1ccc(OCC(=O)OCC(=O)Nc2ccc(C)c(C)c2)c(C)c1. The molecule has 1 amide bonds. The van der Waals surface area contributed by atoms with Gasteiger partial charge in [-0.15, -0.1) is 0 Å². The summed E-state index contributed by atoms with van der Waals surface area (Å²) in [5.74, 6) is -0.347. The van der Waals surface area contributed by atoms with E-state index in [1.54, 1.807) is 0 Å². The van der Waals surface area contributed by atoms with Gasteiger partial charge in [-0.05, 0) is 62.6 Å². The Morgan fingerprint density at radius 3 is 2.32 bits per heavy atom. The molecule has 0 heterocycles. The maximum atomic E-state index is 11.8. The van der Waals surface area contributed by atoms with Gasteiger partial charge in [-0.3, -0.25) is 4.79 Å². The van der Waals surface area contributed by atoms with Gasteiger partial charge in [-0.1, -0.05) is 23.8 Å². The molecule has 0 aliphatic heterocycles. The van der Waals surface area contributed by atoms with Gasteiger partial charge in [0.2, 0.25) is 0 Å². The minimum atomic E-state index is -0.588. The van der Waals surface area contributed by atoms with Crippen LogP contribution in [0.4, 0.5) is 5.69 Å². The van der Waals surface area contributed by atoms with E-state index in [1.165, 1.54) is 0 Å². The Balaban J connectivity index is 1.77. The van der Waals surface area contributed by atoms with Gasteiger partial charge in [0.15, 0.2) is 13.2 Å². The molecule has 0 aliphatic carbocycles. The summed E-state index contributed by atoms with van der Waals surface area (Å²) >= 11 is 0. The molecular formula is C20H23NO4. The first-order chi connectivity index (χ1) is 11.8. The Morgan fingerprint density at radius 2 is 1.64 bits per heavy atom. The summed E-state index contributed by atoms with van der Waals surface area (Å²) in [6.45, 7) is 7.28. The van der Waals surface area contributed by atoms with Crippen molar-refractivity contribution in [2.75, 3.05) is 18.5 Å². The van der Waals surface area contributed by atoms with Crippen LogP contribution in [0.1, 0.15) is 22.3 Å². The average Bonchev–Trinajstić information content (AvgIpc) is 2.55. The number of carbonyl (C=O) groups excluding carboxylic acids is 2. The van der Waals surface area contributed by atoms with Gasteiger partial charge >= 0.3 is 5.97 Å². The zero-order chi connectivity index (χ0) is 18.4. The number of esters is 1. The van der Waals surface area contributed by atoms with Gasteiger partial charge < -0.3 is 14.8 Å². The molecule has 0 bridgehead atoms. The number of carbonyl (C=O) groups is 2. The topological polar surface area (TPSA) is 64.6 Å². The maximum absolute atomic E-state index is 11.8. The van der Waals surface area contributed by atoms with Crippen molar-refractivity contribution < 1.29 is 19.1 Å². The average molecular weight is 341 g/mol. The number of aryl methyl sites for hydroxylation is 4. The molecule has 5 nitrogen and oxygen atoms in total. The van der Waals surface area contributed by atoms with Crippen LogP contribution in [-0.4, -0.2) is 25.1 Å². The van der Waals surface area contributed by atoms with E-state index in [1.807, 2.05) is 64.1 Å². The molecule has 5 heteroatoms. The van der Waals surface area contributed by atoms with Crippen LogP contribution >= 0.6 is 0 Å². The summed E-state index contributed by atoms with van der Waals surface area (Å²) in [6, 6.07) is 11.3. The molecule has 2 aromatic carbocycles. The van der Waals surface area contributed by atoms with Gasteiger partial charge in [-0.2, -0.15) is 0 Å². The maximum Gasteiger partial charge on any atom is 0.344 e. The number of benzene rings is 2. The molecule has 0 aliphatic rings. The predicted octanol–water partition coefficient (Wildman–Crippen LogP) is 3.48. The largest absolute Gasteiger partial charge is 0.482 e. The monoisotopic (exact) mass is 341 g/mol. The first-order valence-electron chi connectivity index (χ1n) is 8.08. The predicted molar refractivity (Wildman–Crippen MR) is 96.9 cm³/mol. The molecule has 0 unspecified atom stereocenters. The van der Waals surface area contributed by atoms with E-state index in [2.05, 4.69) is 5.32 Å². The third-order valence-electron chi connectivity index (χ3n) is 3.83. The molecule has 0 saturated carbocycles. The van der Waals surface area contributed by atoms with Crippen LogP contribution < -0.4 is 10.1 Å². The van der Waals surface area contributed by atoms with Crippen molar-refractivity contribution >= 4 is 17.6 Å². The van der Waals surface area contributed by atoms with Gasteiger partial charge in [0.1, 0.15) is 5.75 Å². The fourth-order valence-corrected chi connectivity index (χ4v) is 2.30. The highest BCUT2D eigenvalue weighted by atomic mass is 16.6. The molecule has 0 spiro atoms. The van der Waals surface area contributed by atoms with Crippen LogP contribution in [0.25, 0.3) is 0 Å². The van der Waals surface area contributed by atoms with E-state index in [-0.39, 0.29) is 19.1 Å². The third kappa shape index (κ3) is 5.64. The number of hydrogen-bond donors (Lipinski definition) is 1. The summed E-state index contributed by atoms with van der Waals surface area (Å²) in [6.07, 6.45) is 0. The van der Waals surface area contributed by atoms with E-state index in [0.29, 0.717) is 11.4 Å². The fraction of sp³-hybridized carbons (Fsp3) is 0.300. The summed E-state index contributed by atoms with van der Waals surface area (Å²) in [5.41, 5.74) is 4.97. The summed E-state index contributed by atoms with van der Waals surface area (Å²) in [7, 11) is 0. The first-order valence-corrected chi connectivity index (χ1v) is 8.08. The third-order valence-corrected chi connectivity index (χ3v) is 3.83. The lowest BCUT2D eigenvalue weighted by molar-refractivity contribution is -0.149. The van der Waals surface area contributed by atoms with Crippen LogP contribution in [0.3, 0.4) is 0 Å². The minimum absolute atomic E-state index is 0.235. The second-order valence-corrected chi connectivity index (χ2v) is 6.07. The lowest BCUT2D eigenvalue weighted by Crippen LogP contribution is -2.23. The van der Waals surface area contributed by atoms with E-state index >= 15 is 0 Å². The van der Waals surface area contributed by atoms with Crippen LogP contribution in [0.15, 0.2) is 36.4 Å². The molecule has 2 rings (SSSR count). The van der Waals surface area contributed by atoms with E-state index in [0.717, 1.165) is 22.3 Å². The normalized spacial score (nSPS) is 10.2. The second-order valence-electron chi connectivity index (χ2n) is 6.07. The van der Waals surface area contributed by atoms with Gasteiger partial charge in [0.25, 0.3) is 5.91 Å². The molecule has 0 atom stereocenters. The lowest BCUT2D eigenvalue weighted by Gasteiger charge is -2.10. The minimum Gasteiger partial charge on any atom is -0.482 e. The Morgan fingerprint density at radius 1 is 0.880 bits per heavy atom. The van der Waals surface area contributed by atoms with Crippen molar-refractivity contribution in [2.24, 2.45) is 0 Å². The molecule has 0 radical (unpaired) electrons. The number of rotatable bonds is 6. The van der Waals surface area contributed by atoms with Crippen molar-refractivity contribution in [2.45, 2.75) is 27.7 Å². The molecule has 2 aromatic rings. The summed E-state index contributed by atoms with van der Waals surface area (Å²) in [5, 5.41) is 2.70. The smallest absolute Gasteiger partial charge is 0.344 e. The molecule has 132 valence electrons. The molecule has 1 N–H and O–H groups in total. The molecule has 0 fully saturated rings. The Kier molecular flexibility index (Phi) is 6.17. The van der Waals surface area contributed by atoms with Crippen molar-refractivity contribution in [3.63, 3.8) is 0 Å². The van der Waals surface area contributed by atoms with Gasteiger partial charge in [-0.25, -0.2) is 4.79 Å². The number of hydrogen-bond acceptors (Lipinski definition) is 4. The van der Waals surface area contributed by atoms with Crippen LogP contribution in [0.5, 0.6) is 5.75 Å². The van der Waals surface area contributed by atoms with E-state index in [9.17, 15) is 9.59 Å².